The predicted octanol–water partition coefficient (Wildman–Crippen LogP) is 2.02. The summed E-state index contributed by atoms with van der Waals surface area (Å²) in [5, 5.41) is 23.4. The third-order valence-corrected chi connectivity index (χ3v) is 2.42. The van der Waals surface area contributed by atoms with Gasteiger partial charge < -0.3 is 10.4 Å². The number of hydrogen-bond acceptors (Lipinski definition) is 4. The van der Waals surface area contributed by atoms with Gasteiger partial charge in [0, 0.05) is 24.7 Å². The minimum Gasteiger partial charge on any atom is -0.389 e. The summed E-state index contributed by atoms with van der Waals surface area (Å²) >= 11 is 0. The Morgan fingerprint density at radius 2 is 2.18 bits per heavy atom. The number of hydrogen-bond donors (Lipinski definition) is 2. The maximum atomic E-state index is 10.6. The molecule has 0 radical (unpaired) electrons. The molecule has 0 saturated carbocycles. The molecule has 1 unspecified atom stereocenters. The van der Waals surface area contributed by atoms with E-state index in [4.69, 9.17) is 0 Å². The maximum absolute atomic E-state index is 10.6. The summed E-state index contributed by atoms with van der Waals surface area (Å²) in [5.41, 5.74) is 0.123. The molecule has 0 amide bonds. The molecule has 94 valence electrons. The van der Waals surface area contributed by atoms with Crippen LogP contribution in [0.5, 0.6) is 0 Å². The number of non-ortho nitro benzene ring substituents is 1. The quantitative estimate of drug-likeness (QED) is 0.608. The Morgan fingerprint density at radius 1 is 1.53 bits per heavy atom. The Kier molecular flexibility index (Phi) is 4.20. The van der Waals surface area contributed by atoms with Crippen LogP contribution < -0.4 is 5.32 Å². The number of benzene rings is 1. The van der Waals surface area contributed by atoms with E-state index in [0.29, 0.717) is 6.54 Å². The van der Waals surface area contributed by atoms with Gasteiger partial charge in [-0.15, -0.1) is 0 Å². The first-order valence-corrected chi connectivity index (χ1v) is 5.50. The number of aliphatic hydroxyl groups is 1. The Balaban J connectivity index is 2.72. The van der Waals surface area contributed by atoms with Crippen LogP contribution in [0.3, 0.4) is 0 Å². The second-order valence-corrected chi connectivity index (χ2v) is 4.77. The predicted molar refractivity (Wildman–Crippen MR) is 65.8 cm³/mol. The number of nitrogens with zero attached hydrogens (tertiary/aromatic N) is 1. The van der Waals surface area contributed by atoms with Crippen molar-refractivity contribution in [3.05, 3.63) is 39.9 Å². The van der Waals surface area contributed by atoms with E-state index in [2.05, 4.69) is 5.32 Å². The smallest absolute Gasteiger partial charge is 0.269 e. The third kappa shape index (κ3) is 4.50. The topological polar surface area (TPSA) is 75.4 Å². The highest BCUT2D eigenvalue weighted by Gasteiger charge is 2.15. The van der Waals surface area contributed by atoms with Gasteiger partial charge >= 0.3 is 0 Å². The van der Waals surface area contributed by atoms with Crippen LogP contribution in [0.2, 0.25) is 0 Å². The lowest BCUT2D eigenvalue weighted by molar-refractivity contribution is -0.384. The lowest BCUT2D eigenvalue weighted by Gasteiger charge is -2.21. The molecule has 17 heavy (non-hydrogen) atoms. The monoisotopic (exact) mass is 238 g/mol. The van der Waals surface area contributed by atoms with Gasteiger partial charge in [-0.25, -0.2) is 0 Å². The van der Waals surface area contributed by atoms with E-state index in [1.807, 2.05) is 13.0 Å². The standard InChI is InChI=1S/C12H18N2O3/c1-9(13-8-12(2,3)15)10-5-4-6-11(7-10)14(16)17/h4-7,9,13,15H,8H2,1-3H3. The van der Waals surface area contributed by atoms with E-state index in [9.17, 15) is 15.2 Å². The molecule has 0 saturated heterocycles. The van der Waals surface area contributed by atoms with Gasteiger partial charge in [0.1, 0.15) is 0 Å². The van der Waals surface area contributed by atoms with Crippen LogP contribution in [-0.2, 0) is 0 Å². The van der Waals surface area contributed by atoms with Crippen molar-refractivity contribution < 1.29 is 10.0 Å². The van der Waals surface area contributed by atoms with Crippen LogP contribution in [0.4, 0.5) is 5.69 Å². The number of nitro groups is 1. The molecule has 0 aliphatic heterocycles. The molecule has 1 atom stereocenters. The summed E-state index contributed by atoms with van der Waals surface area (Å²) < 4.78 is 0. The van der Waals surface area contributed by atoms with Crippen molar-refractivity contribution in [1.82, 2.24) is 5.32 Å². The van der Waals surface area contributed by atoms with Crippen molar-refractivity contribution in [3.63, 3.8) is 0 Å². The van der Waals surface area contributed by atoms with Crippen LogP contribution in [0, 0.1) is 10.1 Å². The number of rotatable bonds is 5. The summed E-state index contributed by atoms with van der Waals surface area (Å²) in [6.07, 6.45) is 0. The van der Waals surface area contributed by atoms with Crippen molar-refractivity contribution >= 4 is 5.69 Å². The van der Waals surface area contributed by atoms with E-state index in [-0.39, 0.29) is 11.7 Å². The van der Waals surface area contributed by atoms with Crippen molar-refractivity contribution in [2.24, 2.45) is 0 Å². The zero-order valence-electron chi connectivity index (χ0n) is 10.3. The Bertz CT molecular complexity index is 399. The summed E-state index contributed by atoms with van der Waals surface area (Å²) in [7, 11) is 0. The van der Waals surface area contributed by atoms with Crippen LogP contribution in [0.25, 0.3) is 0 Å². The maximum Gasteiger partial charge on any atom is 0.269 e. The van der Waals surface area contributed by atoms with E-state index in [1.54, 1.807) is 26.0 Å². The number of nitrogens with one attached hydrogen (secondary N) is 1. The normalized spacial score (nSPS) is 13.4. The minimum absolute atomic E-state index is 0.0404. The van der Waals surface area contributed by atoms with E-state index >= 15 is 0 Å². The van der Waals surface area contributed by atoms with Gasteiger partial charge in [-0.1, -0.05) is 12.1 Å². The van der Waals surface area contributed by atoms with Gasteiger partial charge in [-0.3, -0.25) is 10.1 Å². The van der Waals surface area contributed by atoms with Crippen LogP contribution >= 0.6 is 0 Å². The van der Waals surface area contributed by atoms with Crippen molar-refractivity contribution in [2.45, 2.75) is 32.4 Å². The van der Waals surface area contributed by atoms with Crippen molar-refractivity contribution in [2.75, 3.05) is 6.54 Å². The second-order valence-electron chi connectivity index (χ2n) is 4.77. The van der Waals surface area contributed by atoms with Gasteiger partial charge in [0.25, 0.3) is 5.69 Å². The fraction of sp³-hybridized carbons (Fsp3) is 0.500. The van der Waals surface area contributed by atoms with Gasteiger partial charge in [-0.05, 0) is 26.3 Å². The first-order valence-electron chi connectivity index (χ1n) is 5.50. The highest BCUT2D eigenvalue weighted by Crippen LogP contribution is 2.19. The summed E-state index contributed by atoms with van der Waals surface area (Å²) in [6.45, 7) is 5.75. The largest absolute Gasteiger partial charge is 0.389 e. The minimum atomic E-state index is -0.797. The molecule has 5 heteroatoms. The first kappa shape index (κ1) is 13.6. The molecule has 0 spiro atoms. The summed E-state index contributed by atoms with van der Waals surface area (Å²) in [6, 6.07) is 6.46. The zero-order chi connectivity index (χ0) is 13.1. The number of nitro benzene ring substituents is 1. The Hall–Kier alpha value is -1.46. The first-order chi connectivity index (χ1) is 7.79. The van der Waals surface area contributed by atoms with Crippen molar-refractivity contribution in [3.8, 4) is 0 Å². The fourth-order valence-electron chi connectivity index (χ4n) is 1.43. The molecule has 0 aliphatic rings. The highest BCUT2D eigenvalue weighted by atomic mass is 16.6. The molecule has 0 aliphatic carbocycles. The summed E-state index contributed by atoms with van der Waals surface area (Å²) in [4.78, 5) is 10.2. The van der Waals surface area contributed by atoms with Gasteiger partial charge in [0.15, 0.2) is 0 Å². The van der Waals surface area contributed by atoms with E-state index in [0.717, 1.165) is 5.56 Å². The van der Waals surface area contributed by atoms with Gasteiger partial charge in [0.05, 0.1) is 10.5 Å². The lowest BCUT2D eigenvalue weighted by Crippen LogP contribution is -2.36. The van der Waals surface area contributed by atoms with Gasteiger partial charge in [0.2, 0.25) is 0 Å². The zero-order valence-corrected chi connectivity index (χ0v) is 10.3. The van der Waals surface area contributed by atoms with E-state index < -0.39 is 10.5 Å². The van der Waals surface area contributed by atoms with Crippen LogP contribution in [0.15, 0.2) is 24.3 Å². The Labute approximate surface area is 101 Å². The van der Waals surface area contributed by atoms with Crippen LogP contribution in [-0.4, -0.2) is 22.2 Å². The molecule has 0 aromatic heterocycles. The molecule has 0 heterocycles. The molecule has 1 rings (SSSR count). The van der Waals surface area contributed by atoms with Gasteiger partial charge in [-0.2, -0.15) is 0 Å². The molecule has 0 fully saturated rings. The fourth-order valence-corrected chi connectivity index (χ4v) is 1.43. The molecule has 5 nitrogen and oxygen atoms in total. The molecular weight excluding hydrogens is 220 g/mol. The highest BCUT2D eigenvalue weighted by molar-refractivity contribution is 5.35. The SMILES string of the molecule is CC(NCC(C)(C)O)c1cccc([N+](=O)[O-])c1. The molecule has 1 aromatic rings. The third-order valence-electron chi connectivity index (χ3n) is 2.42. The average molecular weight is 238 g/mol. The molecule has 2 N–H and O–H groups in total. The second kappa shape index (κ2) is 5.25. The van der Waals surface area contributed by atoms with Crippen molar-refractivity contribution in [1.29, 1.82) is 0 Å². The van der Waals surface area contributed by atoms with E-state index in [1.165, 1.54) is 6.07 Å². The molecular formula is C12H18N2O3. The Morgan fingerprint density at radius 3 is 2.71 bits per heavy atom. The summed E-state index contributed by atoms with van der Waals surface area (Å²) in [5.74, 6) is 0. The molecule has 1 aromatic carbocycles. The molecule has 0 bridgehead atoms. The van der Waals surface area contributed by atoms with Crippen LogP contribution in [0.1, 0.15) is 32.4 Å². The lowest BCUT2D eigenvalue weighted by atomic mass is 10.1. The average Bonchev–Trinajstić information content (AvgIpc) is 2.25.